The molecule has 0 saturated heterocycles. The van der Waals surface area contributed by atoms with Gasteiger partial charge in [0.2, 0.25) is 5.91 Å². The summed E-state index contributed by atoms with van der Waals surface area (Å²) in [5.41, 5.74) is 1.93. The normalized spacial score (nSPS) is 13.6. The first-order valence-electron chi connectivity index (χ1n) is 7.85. The highest BCUT2D eigenvalue weighted by Crippen LogP contribution is 2.22. The van der Waals surface area contributed by atoms with Crippen LogP contribution in [0.2, 0.25) is 5.02 Å². The second-order valence-electron chi connectivity index (χ2n) is 6.02. The van der Waals surface area contributed by atoms with Gasteiger partial charge in [0.25, 0.3) is 0 Å². The second kappa shape index (κ2) is 8.14. The highest BCUT2D eigenvalue weighted by atomic mass is 35.5. The van der Waals surface area contributed by atoms with E-state index in [9.17, 15) is 4.79 Å². The molecule has 2 aromatic carbocycles. The van der Waals surface area contributed by atoms with E-state index < -0.39 is 0 Å². The standard InChI is InChI=1S/C19H23ClN2O/c1-13(2)18(15-7-5-4-6-8-15)21-14(3)19(23)22-17-11-9-16(20)10-12-17/h4-14,18,21H,1-3H3,(H,22,23)/t14-,18+/m0/s1. The Morgan fingerprint density at radius 1 is 0.957 bits per heavy atom. The summed E-state index contributed by atoms with van der Waals surface area (Å²) in [4.78, 5) is 12.4. The van der Waals surface area contributed by atoms with E-state index >= 15 is 0 Å². The van der Waals surface area contributed by atoms with E-state index in [1.165, 1.54) is 5.56 Å². The molecule has 0 spiro atoms. The zero-order valence-electron chi connectivity index (χ0n) is 13.7. The molecule has 0 unspecified atom stereocenters. The summed E-state index contributed by atoms with van der Waals surface area (Å²) in [6, 6.07) is 17.1. The maximum Gasteiger partial charge on any atom is 0.241 e. The van der Waals surface area contributed by atoms with E-state index in [4.69, 9.17) is 11.6 Å². The predicted octanol–water partition coefficient (Wildman–Crippen LogP) is 4.65. The molecule has 0 heterocycles. The molecule has 3 nitrogen and oxygen atoms in total. The van der Waals surface area contributed by atoms with Gasteiger partial charge in [0.1, 0.15) is 0 Å². The van der Waals surface area contributed by atoms with E-state index in [2.05, 4.69) is 36.6 Å². The molecule has 2 rings (SSSR count). The van der Waals surface area contributed by atoms with Gasteiger partial charge in [0.05, 0.1) is 6.04 Å². The first kappa shape index (κ1) is 17.5. The number of carbonyl (C=O) groups excluding carboxylic acids is 1. The maximum atomic E-state index is 12.4. The van der Waals surface area contributed by atoms with E-state index in [-0.39, 0.29) is 18.0 Å². The molecular formula is C19H23ClN2O. The molecule has 0 aliphatic heterocycles. The lowest BCUT2D eigenvalue weighted by atomic mass is 9.95. The summed E-state index contributed by atoms with van der Waals surface area (Å²) in [5, 5.41) is 6.98. The quantitative estimate of drug-likeness (QED) is 0.809. The van der Waals surface area contributed by atoms with Gasteiger partial charge >= 0.3 is 0 Å². The van der Waals surface area contributed by atoms with Crippen LogP contribution in [-0.2, 0) is 4.79 Å². The summed E-state index contributed by atoms with van der Waals surface area (Å²) in [7, 11) is 0. The molecule has 2 atom stereocenters. The maximum absolute atomic E-state index is 12.4. The fourth-order valence-electron chi connectivity index (χ4n) is 2.46. The van der Waals surface area contributed by atoms with Crippen molar-refractivity contribution in [2.24, 2.45) is 5.92 Å². The molecule has 2 aromatic rings. The molecular weight excluding hydrogens is 308 g/mol. The van der Waals surface area contributed by atoms with Crippen LogP contribution in [0.25, 0.3) is 0 Å². The average Bonchev–Trinajstić information content (AvgIpc) is 2.55. The molecule has 2 N–H and O–H groups in total. The van der Waals surface area contributed by atoms with Gasteiger partial charge in [0.15, 0.2) is 0 Å². The van der Waals surface area contributed by atoms with Gasteiger partial charge in [-0.05, 0) is 42.7 Å². The van der Waals surface area contributed by atoms with E-state index in [0.717, 1.165) is 5.69 Å². The van der Waals surface area contributed by atoms with Crippen molar-refractivity contribution in [2.75, 3.05) is 5.32 Å². The number of hydrogen-bond donors (Lipinski definition) is 2. The Kier molecular flexibility index (Phi) is 6.20. The van der Waals surface area contributed by atoms with Gasteiger partial charge in [0, 0.05) is 16.8 Å². The van der Waals surface area contributed by atoms with Gasteiger partial charge in [-0.2, -0.15) is 0 Å². The number of nitrogens with one attached hydrogen (secondary N) is 2. The summed E-state index contributed by atoms with van der Waals surface area (Å²) in [6.45, 7) is 6.17. The monoisotopic (exact) mass is 330 g/mol. The fraction of sp³-hybridized carbons (Fsp3) is 0.316. The number of benzene rings is 2. The van der Waals surface area contributed by atoms with Crippen LogP contribution in [0.4, 0.5) is 5.69 Å². The lowest BCUT2D eigenvalue weighted by Crippen LogP contribution is -2.41. The average molecular weight is 331 g/mol. The van der Waals surface area contributed by atoms with Gasteiger partial charge < -0.3 is 5.32 Å². The van der Waals surface area contributed by atoms with Crippen molar-refractivity contribution in [3.8, 4) is 0 Å². The van der Waals surface area contributed by atoms with Crippen molar-refractivity contribution in [2.45, 2.75) is 32.9 Å². The molecule has 0 fully saturated rings. The summed E-state index contributed by atoms with van der Waals surface area (Å²) < 4.78 is 0. The Morgan fingerprint density at radius 2 is 1.57 bits per heavy atom. The Morgan fingerprint density at radius 3 is 2.13 bits per heavy atom. The molecule has 23 heavy (non-hydrogen) atoms. The van der Waals surface area contributed by atoms with Gasteiger partial charge in [-0.25, -0.2) is 0 Å². The summed E-state index contributed by atoms with van der Waals surface area (Å²) >= 11 is 5.86. The van der Waals surface area contributed by atoms with Crippen LogP contribution < -0.4 is 10.6 Å². The molecule has 0 radical (unpaired) electrons. The lowest BCUT2D eigenvalue weighted by Gasteiger charge is -2.26. The minimum absolute atomic E-state index is 0.0612. The second-order valence-corrected chi connectivity index (χ2v) is 6.45. The molecule has 0 aromatic heterocycles. The highest BCUT2D eigenvalue weighted by molar-refractivity contribution is 6.30. The first-order valence-corrected chi connectivity index (χ1v) is 8.22. The van der Waals surface area contributed by atoms with Gasteiger partial charge in [-0.3, -0.25) is 10.1 Å². The van der Waals surface area contributed by atoms with Crippen molar-refractivity contribution >= 4 is 23.2 Å². The number of rotatable bonds is 6. The molecule has 1 amide bonds. The molecule has 0 aliphatic rings. The van der Waals surface area contributed by atoms with Crippen molar-refractivity contribution in [3.63, 3.8) is 0 Å². The molecule has 0 bridgehead atoms. The third kappa shape index (κ3) is 5.08. The summed E-state index contributed by atoms with van der Waals surface area (Å²) in [5.74, 6) is 0.317. The van der Waals surface area contributed by atoms with Crippen LogP contribution >= 0.6 is 11.6 Å². The van der Waals surface area contributed by atoms with E-state index in [0.29, 0.717) is 10.9 Å². The number of hydrogen-bond acceptors (Lipinski definition) is 2. The molecule has 0 saturated carbocycles. The van der Waals surface area contributed by atoms with Crippen molar-refractivity contribution < 1.29 is 4.79 Å². The van der Waals surface area contributed by atoms with Crippen LogP contribution in [0, 0.1) is 5.92 Å². The van der Waals surface area contributed by atoms with E-state index in [1.54, 1.807) is 24.3 Å². The Labute approximate surface area is 143 Å². The zero-order valence-corrected chi connectivity index (χ0v) is 14.5. The minimum Gasteiger partial charge on any atom is -0.325 e. The third-order valence-corrected chi connectivity index (χ3v) is 4.01. The van der Waals surface area contributed by atoms with Crippen LogP contribution in [-0.4, -0.2) is 11.9 Å². The van der Waals surface area contributed by atoms with Gasteiger partial charge in [-0.1, -0.05) is 55.8 Å². The largest absolute Gasteiger partial charge is 0.325 e. The highest BCUT2D eigenvalue weighted by Gasteiger charge is 2.21. The van der Waals surface area contributed by atoms with Crippen molar-refractivity contribution in [1.82, 2.24) is 5.32 Å². The Hall–Kier alpha value is -1.84. The molecule has 122 valence electrons. The van der Waals surface area contributed by atoms with E-state index in [1.807, 2.05) is 25.1 Å². The van der Waals surface area contributed by atoms with Crippen molar-refractivity contribution in [1.29, 1.82) is 0 Å². The molecule has 0 aliphatic carbocycles. The van der Waals surface area contributed by atoms with Crippen LogP contribution in [0.3, 0.4) is 0 Å². The summed E-state index contributed by atoms with van der Waals surface area (Å²) in [6.07, 6.45) is 0. The van der Waals surface area contributed by atoms with Crippen LogP contribution in [0.5, 0.6) is 0 Å². The first-order chi connectivity index (χ1) is 11.0. The number of carbonyl (C=O) groups is 1. The number of amides is 1. The Bertz CT molecular complexity index is 626. The van der Waals surface area contributed by atoms with Crippen molar-refractivity contribution in [3.05, 3.63) is 65.2 Å². The van der Waals surface area contributed by atoms with Crippen LogP contribution in [0.15, 0.2) is 54.6 Å². The Balaban J connectivity index is 2.02. The van der Waals surface area contributed by atoms with Crippen LogP contribution in [0.1, 0.15) is 32.4 Å². The zero-order chi connectivity index (χ0) is 16.8. The van der Waals surface area contributed by atoms with Gasteiger partial charge in [-0.15, -0.1) is 0 Å². The topological polar surface area (TPSA) is 41.1 Å². The number of anilines is 1. The smallest absolute Gasteiger partial charge is 0.241 e. The molecule has 4 heteroatoms. The predicted molar refractivity (Wildman–Crippen MR) is 96.7 cm³/mol. The number of halogens is 1. The fourth-order valence-corrected chi connectivity index (χ4v) is 2.59. The minimum atomic E-state index is -0.307. The lowest BCUT2D eigenvalue weighted by molar-refractivity contribution is -0.118. The SMILES string of the molecule is CC(C)[C@@H](N[C@@H](C)C(=O)Nc1ccc(Cl)cc1)c1ccccc1. The third-order valence-electron chi connectivity index (χ3n) is 3.76.